The van der Waals surface area contributed by atoms with Crippen LogP contribution in [-0.4, -0.2) is 19.1 Å². The molecule has 4 rings (SSSR count). The first-order chi connectivity index (χ1) is 13.5. The molecular formula is C23H25N3O2. The number of fused-ring (bicyclic) bond motifs is 1. The minimum absolute atomic E-state index is 0.0336. The molecule has 1 aliphatic heterocycles. The van der Waals surface area contributed by atoms with Crippen LogP contribution in [0.3, 0.4) is 0 Å². The standard InChI is InChI=1S/C23H25N3O2/c1-14-22(25-17-7-10-19(28-4)11-8-17)20-13-18(24-3)9-12-21(20)26(15(2)27)23(14)16-5-6-16/h7-14,16,22-23,25H,5-6H2,1-2,4H3/t14-,22-,23-/m1/s1. The minimum atomic E-state index is 0.0336. The fourth-order valence-electron chi connectivity index (χ4n) is 4.49. The molecule has 0 radical (unpaired) electrons. The number of hydrogen-bond donors (Lipinski definition) is 1. The number of nitrogens with zero attached hydrogens (tertiary/aromatic N) is 2. The van der Waals surface area contributed by atoms with Gasteiger partial charge in [-0.1, -0.05) is 13.0 Å². The molecule has 2 aliphatic rings. The van der Waals surface area contributed by atoms with Crippen LogP contribution in [0.5, 0.6) is 5.75 Å². The molecule has 3 atom stereocenters. The first-order valence-corrected chi connectivity index (χ1v) is 9.75. The predicted molar refractivity (Wildman–Crippen MR) is 111 cm³/mol. The number of hydrogen-bond acceptors (Lipinski definition) is 3. The largest absolute Gasteiger partial charge is 0.497 e. The number of benzene rings is 2. The number of rotatable bonds is 4. The summed E-state index contributed by atoms with van der Waals surface area (Å²) in [5, 5.41) is 3.67. The number of ether oxygens (including phenoxy) is 1. The lowest BCUT2D eigenvalue weighted by Crippen LogP contribution is -2.51. The summed E-state index contributed by atoms with van der Waals surface area (Å²) in [6, 6.07) is 13.8. The van der Waals surface area contributed by atoms with Crippen molar-refractivity contribution in [1.82, 2.24) is 0 Å². The fourth-order valence-corrected chi connectivity index (χ4v) is 4.49. The summed E-state index contributed by atoms with van der Waals surface area (Å²) in [6.45, 7) is 11.3. The summed E-state index contributed by atoms with van der Waals surface area (Å²) in [6.07, 6.45) is 2.34. The highest BCUT2D eigenvalue weighted by Crippen LogP contribution is 2.50. The highest BCUT2D eigenvalue weighted by atomic mass is 16.5. The van der Waals surface area contributed by atoms with Crippen molar-refractivity contribution in [2.24, 2.45) is 11.8 Å². The van der Waals surface area contributed by atoms with Crippen molar-refractivity contribution >= 4 is 23.0 Å². The molecular weight excluding hydrogens is 350 g/mol. The Balaban J connectivity index is 1.78. The molecule has 1 fully saturated rings. The van der Waals surface area contributed by atoms with E-state index in [0.29, 0.717) is 11.6 Å². The van der Waals surface area contributed by atoms with Crippen LogP contribution in [-0.2, 0) is 4.79 Å². The van der Waals surface area contributed by atoms with Crippen LogP contribution in [0.15, 0.2) is 42.5 Å². The third-order valence-electron chi connectivity index (χ3n) is 5.95. The van der Waals surface area contributed by atoms with Gasteiger partial charge in [-0.25, -0.2) is 4.85 Å². The summed E-state index contributed by atoms with van der Waals surface area (Å²) in [5.74, 6) is 1.67. The number of amides is 1. The molecule has 1 saturated carbocycles. The van der Waals surface area contributed by atoms with Gasteiger partial charge < -0.3 is 15.0 Å². The Morgan fingerprint density at radius 2 is 1.93 bits per heavy atom. The predicted octanol–water partition coefficient (Wildman–Crippen LogP) is 5.18. The van der Waals surface area contributed by atoms with Gasteiger partial charge in [-0.05, 0) is 60.7 Å². The molecule has 5 nitrogen and oxygen atoms in total. The van der Waals surface area contributed by atoms with Gasteiger partial charge in [0.25, 0.3) is 0 Å². The Morgan fingerprint density at radius 3 is 2.50 bits per heavy atom. The van der Waals surface area contributed by atoms with Gasteiger partial charge in [-0.2, -0.15) is 0 Å². The average Bonchev–Trinajstić information content (AvgIpc) is 3.54. The van der Waals surface area contributed by atoms with Gasteiger partial charge in [0.1, 0.15) is 5.75 Å². The van der Waals surface area contributed by atoms with Gasteiger partial charge in [0.15, 0.2) is 5.69 Å². The second-order valence-electron chi connectivity index (χ2n) is 7.78. The van der Waals surface area contributed by atoms with Gasteiger partial charge in [0, 0.05) is 30.3 Å². The summed E-state index contributed by atoms with van der Waals surface area (Å²) < 4.78 is 5.26. The molecule has 0 bridgehead atoms. The van der Waals surface area contributed by atoms with Crippen molar-refractivity contribution < 1.29 is 9.53 Å². The van der Waals surface area contributed by atoms with E-state index in [-0.39, 0.29) is 23.9 Å². The van der Waals surface area contributed by atoms with Gasteiger partial charge in [0.05, 0.1) is 19.7 Å². The van der Waals surface area contributed by atoms with Crippen molar-refractivity contribution in [3.8, 4) is 5.75 Å². The maximum atomic E-state index is 12.6. The first kappa shape index (κ1) is 18.4. The van der Waals surface area contributed by atoms with E-state index in [1.165, 1.54) is 12.8 Å². The molecule has 144 valence electrons. The topological polar surface area (TPSA) is 45.9 Å². The Labute approximate surface area is 166 Å². The van der Waals surface area contributed by atoms with Crippen molar-refractivity contribution in [1.29, 1.82) is 0 Å². The van der Waals surface area contributed by atoms with Crippen LogP contribution in [0.4, 0.5) is 17.1 Å². The molecule has 0 aromatic heterocycles. The van der Waals surface area contributed by atoms with E-state index < -0.39 is 0 Å². The normalized spacial score (nSPS) is 23.5. The van der Waals surface area contributed by atoms with E-state index in [0.717, 1.165) is 22.7 Å². The minimum Gasteiger partial charge on any atom is -0.497 e. The Bertz CT molecular complexity index is 928. The molecule has 28 heavy (non-hydrogen) atoms. The molecule has 1 amide bonds. The zero-order chi connectivity index (χ0) is 19.8. The maximum absolute atomic E-state index is 12.6. The van der Waals surface area contributed by atoms with E-state index in [4.69, 9.17) is 11.3 Å². The quantitative estimate of drug-likeness (QED) is 0.749. The summed E-state index contributed by atoms with van der Waals surface area (Å²) in [4.78, 5) is 18.1. The van der Waals surface area contributed by atoms with Crippen molar-refractivity contribution in [2.45, 2.75) is 38.8 Å². The van der Waals surface area contributed by atoms with E-state index in [1.807, 2.05) is 47.4 Å². The molecule has 1 aliphatic carbocycles. The molecule has 1 N–H and O–H groups in total. The van der Waals surface area contributed by atoms with Crippen LogP contribution in [0.2, 0.25) is 0 Å². The van der Waals surface area contributed by atoms with E-state index in [9.17, 15) is 4.79 Å². The van der Waals surface area contributed by atoms with Gasteiger partial charge >= 0.3 is 0 Å². The lowest BCUT2D eigenvalue weighted by molar-refractivity contribution is -0.117. The van der Waals surface area contributed by atoms with Crippen LogP contribution >= 0.6 is 0 Å². The fraction of sp³-hybridized carbons (Fsp3) is 0.391. The summed E-state index contributed by atoms with van der Waals surface area (Å²) in [7, 11) is 1.66. The molecule has 2 aromatic rings. The Kier molecular flexibility index (Phi) is 4.72. The second-order valence-corrected chi connectivity index (χ2v) is 7.78. The zero-order valence-electron chi connectivity index (χ0n) is 16.5. The van der Waals surface area contributed by atoms with Gasteiger partial charge in [-0.3, -0.25) is 4.79 Å². The SMILES string of the molecule is [C-]#[N+]c1ccc2c(c1)[C@H](Nc1ccc(OC)cc1)[C@@H](C)[C@H](C1CC1)N2C(C)=O. The summed E-state index contributed by atoms with van der Waals surface area (Å²) >= 11 is 0. The van der Waals surface area contributed by atoms with E-state index in [2.05, 4.69) is 17.1 Å². The average molecular weight is 375 g/mol. The van der Waals surface area contributed by atoms with Crippen molar-refractivity contribution in [3.63, 3.8) is 0 Å². The number of carbonyl (C=O) groups is 1. The van der Waals surface area contributed by atoms with Gasteiger partial charge in [-0.15, -0.1) is 0 Å². The molecule has 0 spiro atoms. The zero-order valence-corrected chi connectivity index (χ0v) is 16.5. The van der Waals surface area contributed by atoms with Crippen LogP contribution < -0.4 is 15.0 Å². The lowest BCUT2D eigenvalue weighted by atomic mass is 9.79. The van der Waals surface area contributed by atoms with E-state index >= 15 is 0 Å². The molecule has 5 heteroatoms. The number of carbonyl (C=O) groups excluding carboxylic acids is 1. The lowest BCUT2D eigenvalue weighted by Gasteiger charge is -2.46. The highest BCUT2D eigenvalue weighted by Gasteiger charge is 2.47. The smallest absolute Gasteiger partial charge is 0.224 e. The van der Waals surface area contributed by atoms with E-state index in [1.54, 1.807) is 14.0 Å². The molecule has 0 saturated heterocycles. The van der Waals surface area contributed by atoms with Gasteiger partial charge in [0.2, 0.25) is 5.91 Å². The van der Waals surface area contributed by atoms with Crippen LogP contribution in [0.1, 0.15) is 38.3 Å². The first-order valence-electron chi connectivity index (χ1n) is 9.75. The van der Waals surface area contributed by atoms with Crippen molar-refractivity contribution in [3.05, 3.63) is 59.4 Å². The second kappa shape index (κ2) is 7.20. The third-order valence-corrected chi connectivity index (χ3v) is 5.95. The third kappa shape index (κ3) is 3.20. The molecule has 2 aromatic carbocycles. The Hall–Kier alpha value is -3.00. The number of nitrogens with one attached hydrogen (secondary N) is 1. The Morgan fingerprint density at radius 1 is 1.21 bits per heavy atom. The number of methoxy groups -OCH3 is 1. The monoisotopic (exact) mass is 375 g/mol. The molecule has 0 unspecified atom stereocenters. The van der Waals surface area contributed by atoms with Crippen molar-refractivity contribution in [2.75, 3.05) is 17.3 Å². The highest BCUT2D eigenvalue weighted by molar-refractivity contribution is 5.94. The maximum Gasteiger partial charge on any atom is 0.224 e. The number of anilines is 2. The van der Waals surface area contributed by atoms with Crippen LogP contribution in [0.25, 0.3) is 4.85 Å². The van der Waals surface area contributed by atoms with Crippen LogP contribution in [0, 0.1) is 18.4 Å². The molecule has 1 heterocycles. The summed E-state index contributed by atoms with van der Waals surface area (Å²) in [5.41, 5.74) is 3.55.